The number of carbonyl (C=O) groups is 1. The molecule has 118 valence electrons. The summed E-state index contributed by atoms with van der Waals surface area (Å²) in [4.78, 5) is 12.1. The van der Waals surface area contributed by atoms with Gasteiger partial charge in [0, 0.05) is 6.54 Å². The van der Waals surface area contributed by atoms with E-state index in [0.717, 1.165) is 16.1 Å². The van der Waals surface area contributed by atoms with E-state index in [1.54, 1.807) is 12.1 Å². The number of rotatable bonds is 5. The van der Waals surface area contributed by atoms with Crippen LogP contribution in [0.25, 0.3) is 10.7 Å². The molecular weight excluding hydrogens is 334 g/mol. The van der Waals surface area contributed by atoms with Gasteiger partial charge < -0.3 is 5.11 Å². The minimum absolute atomic E-state index is 0.305. The molecular formula is C14H13N5O2S2. The summed E-state index contributed by atoms with van der Waals surface area (Å²) in [6.07, 6.45) is 0.536. The standard InChI is InChI=1S/C14H13N5O2S2/c1-8-11(23-18-15-8)12-16-17-14(22)19(12)7-6-9-4-2-3-5-10(9)13(20)21/h2-5H,6-7H2,1H3,(H,17,22)(H,20,21). The van der Waals surface area contributed by atoms with E-state index in [0.29, 0.717) is 29.1 Å². The average Bonchev–Trinajstić information content (AvgIpc) is 3.11. The van der Waals surface area contributed by atoms with Crippen LogP contribution in [0.2, 0.25) is 0 Å². The molecule has 0 aliphatic rings. The summed E-state index contributed by atoms with van der Waals surface area (Å²) in [5.74, 6) is -0.255. The molecule has 9 heteroatoms. The first-order chi connectivity index (χ1) is 11.1. The fourth-order valence-electron chi connectivity index (χ4n) is 2.31. The third-order valence-corrected chi connectivity index (χ3v) is 4.60. The molecule has 0 aliphatic heterocycles. The number of H-pyrrole nitrogens is 1. The van der Waals surface area contributed by atoms with E-state index >= 15 is 0 Å². The van der Waals surface area contributed by atoms with Gasteiger partial charge in [0.2, 0.25) is 0 Å². The minimum atomic E-state index is -0.931. The molecule has 23 heavy (non-hydrogen) atoms. The molecule has 0 fully saturated rings. The third kappa shape index (κ3) is 3.06. The lowest BCUT2D eigenvalue weighted by Gasteiger charge is -2.08. The van der Waals surface area contributed by atoms with E-state index in [-0.39, 0.29) is 0 Å². The van der Waals surface area contributed by atoms with Crippen molar-refractivity contribution >= 4 is 29.7 Å². The number of benzene rings is 1. The lowest BCUT2D eigenvalue weighted by molar-refractivity contribution is 0.0695. The van der Waals surface area contributed by atoms with E-state index in [1.165, 1.54) is 11.5 Å². The number of nitrogens with zero attached hydrogens (tertiary/aromatic N) is 4. The lowest BCUT2D eigenvalue weighted by Crippen LogP contribution is -2.08. The van der Waals surface area contributed by atoms with Crippen molar-refractivity contribution in [3.63, 3.8) is 0 Å². The van der Waals surface area contributed by atoms with Crippen molar-refractivity contribution in [2.24, 2.45) is 0 Å². The van der Waals surface area contributed by atoms with Crippen molar-refractivity contribution in [2.45, 2.75) is 19.9 Å². The predicted molar refractivity (Wildman–Crippen MR) is 88.2 cm³/mol. The summed E-state index contributed by atoms with van der Waals surface area (Å²) < 4.78 is 6.25. The highest BCUT2D eigenvalue weighted by atomic mass is 32.1. The molecule has 0 atom stereocenters. The summed E-state index contributed by atoms with van der Waals surface area (Å²) in [6.45, 7) is 2.38. The maximum absolute atomic E-state index is 11.3. The molecule has 3 rings (SSSR count). The number of carboxylic acid groups (broad SMARTS) is 1. The highest BCUT2D eigenvalue weighted by molar-refractivity contribution is 7.71. The van der Waals surface area contributed by atoms with Gasteiger partial charge in [-0.3, -0.25) is 9.67 Å². The van der Waals surface area contributed by atoms with Crippen molar-refractivity contribution in [2.75, 3.05) is 0 Å². The molecule has 0 aliphatic carbocycles. The van der Waals surface area contributed by atoms with Crippen LogP contribution in [-0.4, -0.2) is 35.4 Å². The number of carboxylic acids is 1. The van der Waals surface area contributed by atoms with Gasteiger partial charge in [-0.25, -0.2) is 4.79 Å². The topological polar surface area (TPSA) is 96.7 Å². The second kappa shape index (κ2) is 6.39. The van der Waals surface area contributed by atoms with Crippen LogP contribution >= 0.6 is 23.8 Å². The number of aryl methyl sites for hydroxylation is 2. The summed E-state index contributed by atoms with van der Waals surface area (Å²) in [5, 5.41) is 20.3. The van der Waals surface area contributed by atoms with Gasteiger partial charge in [0.05, 0.1) is 11.3 Å². The Kier molecular flexibility index (Phi) is 4.30. The summed E-state index contributed by atoms with van der Waals surface area (Å²) in [7, 11) is 0. The Morgan fingerprint density at radius 1 is 1.43 bits per heavy atom. The average molecular weight is 347 g/mol. The van der Waals surface area contributed by atoms with Gasteiger partial charge in [-0.15, -0.1) is 5.10 Å². The number of aromatic carboxylic acids is 1. The summed E-state index contributed by atoms with van der Waals surface area (Å²) in [5.41, 5.74) is 1.85. The molecule has 1 aromatic carbocycles. The Balaban J connectivity index is 1.91. The van der Waals surface area contributed by atoms with Gasteiger partial charge in [-0.1, -0.05) is 22.7 Å². The van der Waals surface area contributed by atoms with Crippen LogP contribution in [0.4, 0.5) is 0 Å². The van der Waals surface area contributed by atoms with Crippen LogP contribution in [0.1, 0.15) is 21.6 Å². The highest BCUT2D eigenvalue weighted by Gasteiger charge is 2.15. The smallest absolute Gasteiger partial charge is 0.335 e. The zero-order chi connectivity index (χ0) is 16.4. The van der Waals surface area contributed by atoms with Gasteiger partial charge in [-0.05, 0) is 48.7 Å². The monoisotopic (exact) mass is 347 g/mol. The van der Waals surface area contributed by atoms with Crippen LogP contribution in [0, 0.1) is 11.7 Å². The first kappa shape index (κ1) is 15.5. The molecule has 0 radical (unpaired) electrons. The van der Waals surface area contributed by atoms with Gasteiger partial charge in [0.25, 0.3) is 0 Å². The van der Waals surface area contributed by atoms with Crippen LogP contribution in [0.5, 0.6) is 0 Å². The van der Waals surface area contributed by atoms with Crippen LogP contribution in [0.15, 0.2) is 24.3 Å². The Bertz CT molecular complexity index is 912. The number of nitrogens with one attached hydrogen (secondary N) is 1. The maximum atomic E-state index is 11.3. The Morgan fingerprint density at radius 3 is 2.91 bits per heavy atom. The molecule has 2 N–H and O–H groups in total. The van der Waals surface area contributed by atoms with Gasteiger partial charge in [0.1, 0.15) is 4.88 Å². The van der Waals surface area contributed by atoms with Crippen molar-refractivity contribution in [3.05, 3.63) is 45.9 Å². The van der Waals surface area contributed by atoms with E-state index < -0.39 is 5.97 Å². The summed E-state index contributed by atoms with van der Waals surface area (Å²) >= 11 is 6.54. The van der Waals surface area contributed by atoms with Crippen LogP contribution in [0.3, 0.4) is 0 Å². The third-order valence-electron chi connectivity index (χ3n) is 3.47. The molecule has 0 saturated heterocycles. The minimum Gasteiger partial charge on any atom is -0.478 e. The quantitative estimate of drug-likeness (QED) is 0.689. The Hall–Kier alpha value is -2.39. The fourth-order valence-corrected chi connectivity index (χ4v) is 3.19. The van der Waals surface area contributed by atoms with E-state index in [9.17, 15) is 9.90 Å². The van der Waals surface area contributed by atoms with Crippen molar-refractivity contribution < 1.29 is 9.90 Å². The Labute approximate surface area is 140 Å². The van der Waals surface area contributed by atoms with E-state index in [4.69, 9.17) is 12.2 Å². The largest absolute Gasteiger partial charge is 0.478 e. The molecule has 0 unspecified atom stereocenters. The lowest BCUT2D eigenvalue weighted by atomic mass is 10.0. The van der Waals surface area contributed by atoms with Crippen molar-refractivity contribution in [1.29, 1.82) is 0 Å². The van der Waals surface area contributed by atoms with Crippen molar-refractivity contribution in [1.82, 2.24) is 24.4 Å². The molecule has 0 saturated carbocycles. The first-order valence-corrected chi connectivity index (χ1v) is 8.02. The summed E-state index contributed by atoms with van der Waals surface area (Å²) in [6, 6.07) is 6.96. The second-order valence-electron chi connectivity index (χ2n) is 4.90. The number of aromatic amines is 1. The fraction of sp³-hybridized carbons (Fsp3) is 0.214. The molecule has 7 nitrogen and oxygen atoms in total. The number of hydrogen-bond donors (Lipinski definition) is 2. The van der Waals surface area contributed by atoms with Gasteiger partial charge in [0.15, 0.2) is 10.6 Å². The first-order valence-electron chi connectivity index (χ1n) is 6.83. The highest BCUT2D eigenvalue weighted by Crippen LogP contribution is 2.24. The molecule has 0 amide bonds. The molecule has 0 spiro atoms. The molecule has 3 aromatic rings. The Morgan fingerprint density at radius 2 is 2.22 bits per heavy atom. The zero-order valence-electron chi connectivity index (χ0n) is 12.2. The van der Waals surface area contributed by atoms with Gasteiger partial charge in [-0.2, -0.15) is 5.10 Å². The molecule has 2 aromatic heterocycles. The normalized spacial score (nSPS) is 10.8. The SMILES string of the molecule is Cc1nnsc1-c1n[nH]c(=S)n1CCc1ccccc1C(=O)O. The maximum Gasteiger partial charge on any atom is 0.335 e. The number of hydrogen-bond acceptors (Lipinski definition) is 6. The second-order valence-corrected chi connectivity index (χ2v) is 6.04. The number of aromatic nitrogens is 5. The van der Waals surface area contributed by atoms with Gasteiger partial charge >= 0.3 is 5.97 Å². The van der Waals surface area contributed by atoms with E-state index in [2.05, 4.69) is 19.8 Å². The zero-order valence-corrected chi connectivity index (χ0v) is 13.8. The predicted octanol–water partition coefficient (Wildman–Crippen LogP) is 2.71. The van der Waals surface area contributed by atoms with Crippen LogP contribution in [-0.2, 0) is 13.0 Å². The molecule has 2 heterocycles. The van der Waals surface area contributed by atoms with Crippen molar-refractivity contribution in [3.8, 4) is 10.7 Å². The van der Waals surface area contributed by atoms with Crippen LogP contribution < -0.4 is 0 Å². The van der Waals surface area contributed by atoms with E-state index in [1.807, 2.05) is 23.6 Å². The molecule has 0 bridgehead atoms.